The Morgan fingerprint density at radius 2 is 1.64 bits per heavy atom. The highest BCUT2D eigenvalue weighted by Crippen LogP contribution is 2.04. The van der Waals surface area contributed by atoms with E-state index in [9.17, 15) is 0 Å². The maximum atomic E-state index is 8.88. The van der Waals surface area contributed by atoms with E-state index < -0.39 is 0 Å². The summed E-state index contributed by atoms with van der Waals surface area (Å²) in [5, 5.41) is 17.5. The van der Waals surface area contributed by atoms with Crippen LogP contribution in [0.15, 0.2) is 0 Å². The fourth-order valence-corrected chi connectivity index (χ4v) is 0.892. The Hall–Kier alpha value is 0.439. The minimum absolute atomic E-state index is 0.0368. The Kier molecular flexibility index (Phi) is 11.9. The molecule has 0 saturated carbocycles. The molecule has 0 aromatic carbocycles. The number of rotatable bonds is 10. The van der Waals surface area contributed by atoms with Crippen molar-refractivity contribution in [2.75, 3.05) is 13.2 Å². The maximum absolute atomic E-state index is 8.88. The standard InChI is InChI=1S/C4H9B8O2/c5-7-9-11-12-10-8-6-4(3-14)1-2-13/h4,13-14H,1-3H2. The van der Waals surface area contributed by atoms with Crippen LogP contribution >= 0.6 is 0 Å². The van der Waals surface area contributed by atoms with Gasteiger partial charge in [0.15, 0.2) is 0 Å². The summed E-state index contributed by atoms with van der Waals surface area (Å²) in [6.07, 6.45) is 0.591. The average Bonchev–Trinajstić information content (AvgIpc) is 2.21. The van der Waals surface area contributed by atoms with Crippen LogP contribution in [0.25, 0.3) is 0 Å². The summed E-state index contributed by atoms with van der Waals surface area (Å²) in [7, 11) is 17.5. The SMILES string of the molecule is [B][B][B][B][B][B][B][B]C(CO)CCO. The summed E-state index contributed by atoms with van der Waals surface area (Å²) in [5.41, 5.74) is 0. The molecule has 0 aliphatic heterocycles. The molecule has 0 heterocycles. The van der Waals surface area contributed by atoms with E-state index in [2.05, 4.69) is 0 Å². The second-order valence-electron chi connectivity index (χ2n) is 2.80. The first-order valence-electron chi connectivity index (χ1n) is 4.62. The summed E-state index contributed by atoms with van der Waals surface area (Å²) >= 11 is 0. The van der Waals surface area contributed by atoms with E-state index in [-0.39, 0.29) is 19.0 Å². The fourth-order valence-electron chi connectivity index (χ4n) is 0.892. The van der Waals surface area contributed by atoms with Gasteiger partial charge in [-0.05, 0) is 6.42 Å². The van der Waals surface area contributed by atoms with Gasteiger partial charge in [0.1, 0.15) is 0 Å². The molecule has 0 rings (SSSR count). The normalized spacial score (nSPS) is 11.0. The largest absolute Gasteiger partial charge is 0.397 e. The number of aliphatic hydroxyl groups excluding tert-OH is 2. The predicted molar refractivity (Wildman–Crippen MR) is 68.6 cm³/mol. The van der Waals surface area contributed by atoms with Gasteiger partial charge in [0, 0.05) is 63.3 Å². The van der Waals surface area contributed by atoms with Gasteiger partial charge in [-0.15, -0.1) is 0 Å². The van der Waals surface area contributed by atoms with Gasteiger partial charge in [0.25, 0.3) is 0 Å². The first-order chi connectivity index (χ1) is 6.85. The lowest BCUT2D eigenvalue weighted by Crippen LogP contribution is -2.30. The van der Waals surface area contributed by atoms with Crippen molar-refractivity contribution in [3.8, 4) is 0 Å². The molecule has 61 valence electrons. The zero-order valence-corrected chi connectivity index (χ0v) is 8.21. The van der Waals surface area contributed by atoms with Crippen molar-refractivity contribution in [1.29, 1.82) is 0 Å². The van der Waals surface area contributed by atoms with Gasteiger partial charge in [-0.2, -0.15) is 0 Å². The number of hydrogen-bond donors (Lipinski definition) is 2. The second-order valence-corrected chi connectivity index (χ2v) is 2.80. The van der Waals surface area contributed by atoms with E-state index in [1.165, 1.54) is 7.06 Å². The molecular formula is C4H9B8O2. The van der Waals surface area contributed by atoms with Crippen LogP contribution in [0.4, 0.5) is 0 Å². The highest BCUT2D eigenvalue weighted by Gasteiger charge is 2.07. The number of hydrogen-bond acceptors (Lipinski definition) is 2. The van der Waals surface area contributed by atoms with Gasteiger partial charge in [-0.3, -0.25) is 0 Å². The monoisotopic (exact) mass is 177 g/mol. The van der Waals surface area contributed by atoms with E-state index in [1.807, 2.05) is 35.4 Å². The van der Waals surface area contributed by atoms with Crippen LogP contribution in [0.3, 0.4) is 0 Å². The zero-order chi connectivity index (χ0) is 10.6. The van der Waals surface area contributed by atoms with Crippen LogP contribution in [0.2, 0.25) is 5.82 Å². The van der Waals surface area contributed by atoms with Crippen molar-refractivity contribution in [2.45, 2.75) is 12.2 Å². The molecule has 2 nitrogen and oxygen atoms in total. The predicted octanol–water partition coefficient (Wildman–Crippen LogP) is -3.35. The molecule has 0 spiro atoms. The van der Waals surface area contributed by atoms with Crippen molar-refractivity contribution in [3.05, 3.63) is 0 Å². The van der Waals surface area contributed by atoms with Gasteiger partial charge in [-0.25, -0.2) is 0 Å². The lowest BCUT2D eigenvalue weighted by Gasteiger charge is -2.10. The van der Waals surface area contributed by atoms with E-state index in [1.54, 1.807) is 7.06 Å². The van der Waals surface area contributed by atoms with Gasteiger partial charge >= 0.3 is 0 Å². The highest BCUT2D eigenvalue weighted by atomic mass is 16.3. The van der Waals surface area contributed by atoms with Crippen LogP contribution in [0, 0.1) is 0 Å². The Labute approximate surface area is 93.4 Å². The topological polar surface area (TPSA) is 40.5 Å². The molecule has 10 heteroatoms. The van der Waals surface area contributed by atoms with Crippen molar-refractivity contribution >= 4 is 57.3 Å². The van der Waals surface area contributed by atoms with Gasteiger partial charge < -0.3 is 10.2 Å². The zero-order valence-electron chi connectivity index (χ0n) is 8.21. The molecule has 0 amide bonds. The quantitative estimate of drug-likeness (QED) is 0.269. The van der Waals surface area contributed by atoms with E-state index in [0.29, 0.717) is 6.42 Å². The third kappa shape index (κ3) is 9.01. The molecule has 1 atom stereocenters. The van der Waals surface area contributed by atoms with Crippen LogP contribution in [0.1, 0.15) is 6.42 Å². The van der Waals surface area contributed by atoms with Crippen molar-refractivity contribution in [1.82, 2.24) is 0 Å². The smallest absolute Gasteiger partial charge is 0.0618 e. The van der Waals surface area contributed by atoms with Crippen LogP contribution in [-0.4, -0.2) is 80.7 Å². The first kappa shape index (κ1) is 14.4. The molecule has 0 aromatic rings. The molecule has 1 unspecified atom stereocenters. The number of aliphatic hydroxyl groups is 2. The van der Waals surface area contributed by atoms with E-state index in [4.69, 9.17) is 18.0 Å². The van der Waals surface area contributed by atoms with Crippen molar-refractivity contribution in [3.63, 3.8) is 0 Å². The van der Waals surface area contributed by atoms with Gasteiger partial charge in [0.05, 0.1) is 7.17 Å². The second kappa shape index (κ2) is 11.5. The Morgan fingerprint density at radius 1 is 1.00 bits per heavy atom. The molecule has 0 fully saturated rings. The first-order valence-corrected chi connectivity index (χ1v) is 4.62. The van der Waals surface area contributed by atoms with Crippen molar-refractivity contribution in [2.24, 2.45) is 0 Å². The highest BCUT2D eigenvalue weighted by molar-refractivity contribution is 7.65. The van der Waals surface area contributed by atoms with Crippen LogP contribution in [0.5, 0.6) is 0 Å². The Bertz CT molecular complexity index is 116. The van der Waals surface area contributed by atoms with Gasteiger partial charge in [-0.1, -0.05) is 5.82 Å². The molecule has 14 heavy (non-hydrogen) atoms. The summed E-state index contributed by atoms with van der Waals surface area (Å²) in [6.45, 7) is 0.165. The van der Waals surface area contributed by atoms with E-state index >= 15 is 0 Å². The summed E-state index contributed by atoms with van der Waals surface area (Å²) in [4.78, 5) is 0. The third-order valence-corrected chi connectivity index (χ3v) is 1.67. The molecule has 0 saturated heterocycles. The Balaban J connectivity index is 3.15. The molecule has 0 aromatic heterocycles. The molecule has 0 bridgehead atoms. The minimum Gasteiger partial charge on any atom is -0.397 e. The summed E-state index contributed by atoms with van der Waals surface area (Å²) in [6, 6.07) is 0. The summed E-state index contributed by atoms with van der Waals surface area (Å²) in [5.74, 6) is 0.0368. The summed E-state index contributed by atoms with van der Waals surface area (Å²) < 4.78 is 0. The lowest BCUT2D eigenvalue weighted by molar-refractivity contribution is 0.242. The van der Waals surface area contributed by atoms with E-state index in [0.717, 1.165) is 0 Å². The molecule has 0 aliphatic rings. The Morgan fingerprint density at radius 3 is 2.21 bits per heavy atom. The maximum Gasteiger partial charge on any atom is 0.0618 e. The third-order valence-electron chi connectivity index (χ3n) is 1.67. The lowest BCUT2D eigenvalue weighted by atomic mass is 8.92. The minimum atomic E-state index is 0.0368. The average molecular weight is 176 g/mol. The fraction of sp³-hybridized carbons (Fsp3) is 1.00. The van der Waals surface area contributed by atoms with Crippen LogP contribution < -0.4 is 0 Å². The van der Waals surface area contributed by atoms with Crippen LogP contribution in [-0.2, 0) is 0 Å². The van der Waals surface area contributed by atoms with Gasteiger partial charge in [0.2, 0.25) is 0 Å². The molecule has 2 N–H and O–H groups in total. The molecule has 0 aliphatic carbocycles. The van der Waals surface area contributed by atoms with Crippen molar-refractivity contribution < 1.29 is 10.2 Å². The molecule has 9 radical (unpaired) electrons. The molecular weight excluding hydrogens is 167 g/mol.